The number of nitrogens with zero attached hydrogens (tertiary/aromatic N) is 6. The van der Waals surface area contributed by atoms with E-state index < -0.39 is 0 Å². The number of piperazine rings is 1. The standard InChI is InChI=1S/C26H33ClN6O/c1-30-17-11-12-18(30)15-32(14-17)24-10-4-9-23-29-26(22(16-34)33(23)24)21-8-3-7-20(31(21)2)25-19(27)6-5-13-28-25/h4-6,9-10,13,17-18,20-21,34H,3,7-8,11-12,14-16H2,1-2H3. The molecule has 0 aromatic carbocycles. The Morgan fingerprint density at radius 1 is 0.941 bits per heavy atom. The predicted octanol–water partition coefficient (Wildman–Crippen LogP) is 4.06. The maximum absolute atomic E-state index is 10.6. The number of likely N-dealkylation sites (N-methyl/N-ethyl adjacent to an activating group) is 1. The van der Waals surface area contributed by atoms with Crippen molar-refractivity contribution in [2.24, 2.45) is 0 Å². The van der Waals surface area contributed by atoms with Gasteiger partial charge >= 0.3 is 0 Å². The monoisotopic (exact) mass is 480 g/mol. The molecule has 8 heteroatoms. The van der Waals surface area contributed by atoms with E-state index in [4.69, 9.17) is 16.6 Å². The number of aliphatic hydroxyl groups is 1. The lowest BCUT2D eigenvalue weighted by Crippen LogP contribution is -2.52. The Morgan fingerprint density at radius 2 is 1.68 bits per heavy atom. The van der Waals surface area contributed by atoms with Gasteiger partial charge in [0.1, 0.15) is 11.5 Å². The SMILES string of the molecule is CN1C2CCC1CN(c1cccc3nc(C4CCCC(c5ncccc5Cl)N4C)c(CO)n13)C2. The Hall–Kier alpha value is -2.19. The largest absolute Gasteiger partial charge is 0.390 e. The number of halogens is 1. The molecular weight excluding hydrogens is 448 g/mol. The van der Waals surface area contributed by atoms with Crippen molar-refractivity contribution >= 4 is 23.1 Å². The van der Waals surface area contributed by atoms with Crippen molar-refractivity contribution in [3.63, 3.8) is 0 Å². The van der Waals surface area contributed by atoms with Gasteiger partial charge in [0, 0.05) is 31.4 Å². The summed E-state index contributed by atoms with van der Waals surface area (Å²) in [5, 5.41) is 11.3. The molecule has 1 N–H and O–H groups in total. The van der Waals surface area contributed by atoms with E-state index in [1.165, 1.54) is 12.8 Å². The summed E-state index contributed by atoms with van der Waals surface area (Å²) in [6.45, 7) is 2.01. The highest BCUT2D eigenvalue weighted by molar-refractivity contribution is 6.31. The highest BCUT2D eigenvalue weighted by Gasteiger charge is 2.39. The molecule has 3 aliphatic rings. The number of aliphatic hydroxyl groups excluding tert-OH is 1. The van der Waals surface area contributed by atoms with Crippen LogP contribution in [0.5, 0.6) is 0 Å². The minimum atomic E-state index is -0.0343. The molecule has 34 heavy (non-hydrogen) atoms. The quantitative estimate of drug-likeness (QED) is 0.607. The van der Waals surface area contributed by atoms with Gasteiger partial charge in [-0.05, 0) is 70.5 Å². The van der Waals surface area contributed by atoms with E-state index in [1.807, 2.05) is 18.3 Å². The van der Waals surface area contributed by atoms with Crippen LogP contribution in [-0.4, -0.2) is 68.5 Å². The minimum absolute atomic E-state index is 0.0343. The maximum Gasteiger partial charge on any atom is 0.138 e. The van der Waals surface area contributed by atoms with Crippen LogP contribution >= 0.6 is 11.6 Å². The second-order valence-corrected chi connectivity index (χ2v) is 10.5. The second kappa shape index (κ2) is 8.79. The van der Waals surface area contributed by atoms with Crippen LogP contribution in [-0.2, 0) is 6.61 Å². The lowest BCUT2D eigenvalue weighted by Gasteiger charge is -2.40. The van der Waals surface area contributed by atoms with Crippen molar-refractivity contribution in [1.82, 2.24) is 24.2 Å². The molecule has 6 heterocycles. The second-order valence-electron chi connectivity index (χ2n) is 10.1. The van der Waals surface area contributed by atoms with Crippen LogP contribution in [0.15, 0.2) is 36.5 Å². The highest BCUT2D eigenvalue weighted by atomic mass is 35.5. The van der Waals surface area contributed by atoms with Crippen molar-refractivity contribution in [2.45, 2.75) is 62.9 Å². The third-order valence-electron chi connectivity index (χ3n) is 8.43. The normalized spacial score (nSPS) is 28.2. The molecule has 4 unspecified atom stereocenters. The molecule has 180 valence electrons. The van der Waals surface area contributed by atoms with Gasteiger partial charge in [-0.15, -0.1) is 0 Å². The van der Waals surface area contributed by atoms with Gasteiger partial charge in [-0.2, -0.15) is 0 Å². The average Bonchev–Trinajstić information content (AvgIpc) is 3.30. The Morgan fingerprint density at radius 3 is 2.38 bits per heavy atom. The highest BCUT2D eigenvalue weighted by Crippen LogP contribution is 2.43. The van der Waals surface area contributed by atoms with Gasteiger partial charge in [0.25, 0.3) is 0 Å². The Kier molecular flexibility index (Phi) is 5.76. The van der Waals surface area contributed by atoms with Gasteiger partial charge in [-0.25, -0.2) is 4.98 Å². The number of hydrogen-bond acceptors (Lipinski definition) is 6. The van der Waals surface area contributed by atoms with Crippen molar-refractivity contribution in [3.05, 3.63) is 58.6 Å². The topological polar surface area (TPSA) is 60.1 Å². The summed E-state index contributed by atoms with van der Waals surface area (Å²) in [7, 11) is 4.40. The number of aromatic nitrogens is 3. The van der Waals surface area contributed by atoms with Crippen molar-refractivity contribution < 1.29 is 5.11 Å². The molecule has 0 radical (unpaired) electrons. The van der Waals surface area contributed by atoms with Gasteiger partial charge in [0.15, 0.2) is 0 Å². The molecule has 6 rings (SSSR count). The summed E-state index contributed by atoms with van der Waals surface area (Å²) in [4.78, 5) is 17.1. The molecule has 0 saturated carbocycles. The first kappa shape index (κ1) is 22.3. The van der Waals surface area contributed by atoms with Gasteiger partial charge in [0.2, 0.25) is 0 Å². The van der Waals surface area contributed by atoms with Crippen LogP contribution in [0.1, 0.15) is 61.3 Å². The minimum Gasteiger partial charge on any atom is -0.390 e. The van der Waals surface area contributed by atoms with E-state index in [0.29, 0.717) is 17.1 Å². The molecule has 3 saturated heterocycles. The molecule has 4 atom stereocenters. The summed E-state index contributed by atoms with van der Waals surface area (Å²) < 4.78 is 2.20. The summed E-state index contributed by atoms with van der Waals surface area (Å²) in [6, 6.07) is 11.6. The van der Waals surface area contributed by atoms with E-state index in [9.17, 15) is 5.11 Å². The third-order valence-corrected chi connectivity index (χ3v) is 8.75. The third kappa shape index (κ3) is 3.52. The van der Waals surface area contributed by atoms with E-state index >= 15 is 0 Å². The van der Waals surface area contributed by atoms with Gasteiger partial charge in [-0.1, -0.05) is 17.7 Å². The van der Waals surface area contributed by atoms with Crippen molar-refractivity contribution in [2.75, 3.05) is 32.1 Å². The number of fused-ring (bicyclic) bond motifs is 3. The van der Waals surface area contributed by atoms with Gasteiger partial charge < -0.3 is 10.0 Å². The zero-order valence-electron chi connectivity index (χ0n) is 19.9. The van der Waals surface area contributed by atoms with Crippen LogP contribution in [0.25, 0.3) is 5.65 Å². The molecule has 3 aromatic heterocycles. The predicted molar refractivity (Wildman–Crippen MR) is 134 cm³/mol. The van der Waals surface area contributed by atoms with Crippen LogP contribution in [0, 0.1) is 0 Å². The fourth-order valence-electron chi connectivity index (χ4n) is 6.55. The van der Waals surface area contributed by atoms with Crippen LogP contribution in [0.3, 0.4) is 0 Å². The Bertz CT molecular complexity index is 1180. The van der Waals surface area contributed by atoms with E-state index in [0.717, 1.165) is 60.9 Å². The maximum atomic E-state index is 10.6. The summed E-state index contributed by atoms with van der Waals surface area (Å²) in [5.74, 6) is 1.15. The lowest BCUT2D eigenvalue weighted by molar-refractivity contribution is 0.108. The van der Waals surface area contributed by atoms with E-state index in [-0.39, 0.29) is 18.7 Å². The first-order valence-corrected chi connectivity index (χ1v) is 12.8. The molecule has 3 aliphatic heterocycles. The molecular formula is C26H33ClN6O. The number of anilines is 1. The number of hydrogen-bond donors (Lipinski definition) is 1. The molecule has 0 spiro atoms. The smallest absolute Gasteiger partial charge is 0.138 e. The first-order chi connectivity index (χ1) is 16.6. The van der Waals surface area contributed by atoms with Crippen LogP contribution in [0.4, 0.5) is 5.82 Å². The summed E-state index contributed by atoms with van der Waals surface area (Å²) in [5.41, 5.74) is 3.72. The molecule has 0 aliphatic carbocycles. The summed E-state index contributed by atoms with van der Waals surface area (Å²) >= 11 is 6.53. The first-order valence-electron chi connectivity index (χ1n) is 12.5. The van der Waals surface area contributed by atoms with Gasteiger partial charge in [0.05, 0.1) is 40.8 Å². The average molecular weight is 481 g/mol. The van der Waals surface area contributed by atoms with Crippen LogP contribution in [0.2, 0.25) is 5.02 Å². The van der Waals surface area contributed by atoms with Crippen LogP contribution < -0.4 is 4.90 Å². The number of imidazole rings is 1. The fourth-order valence-corrected chi connectivity index (χ4v) is 6.80. The molecule has 2 bridgehead atoms. The van der Waals surface area contributed by atoms with Crippen molar-refractivity contribution in [1.29, 1.82) is 0 Å². The Labute approximate surface area is 206 Å². The van der Waals surface area contributed by atoms with E-state index in [2.05, 4.69) is 56.4 Å². The Balaban J connectivity index is 1.39. The lowest BCUT2D eigenvalue weighted by atomic mass is 9.91. The van der Waals surface area contributed by atoms with E-state index in [1.54, 1.807) is 0 Å². The molecule has 3 aromatic rings. The molecule has 7 nitrogen and oxygen atoms in total. The fraction of sp³-hybridized carbons (Fsp3) is 0.538. The molecule has 3 fully saturated rings. The van der Waals surface area contributed by atoms with Crippen molar-refractivity contribution in [3.8, 4) is 0 Å². The number of rotatable bonds is 4. The summed E-state index contributed by atoms with van der Waals surface area (Å²) in [6.07, 6.45) is 7.43. The number of pyridine rings is 2. The zero-order chi connectivity index (χ0) is 23.4. The molecule has 0 amide bonds. The number of likely N-dealkylation sites (tertiary alicyclic amines) is 1. The zero-order valence-corrected chi connectivity index (χ0v) is 20.7. The number of piperidine rings is 1. The van der Waals surface area contributed by atoms with Gasteiger partial charge in [-0.3, -0.25) is 19.2 Å².